The molecule has 2 N–H and O–H groups in total. The summed E-state index contributed by atoms with van der Waals surface area (Å²) in [6, 6.07) is 11.1. The van der Waals surface area contributed by atoms with Gasteiger partial charge in [0.15, 0.2) is 5.96 Å². The van der Waals surface area contributed by atoms with Gasteiger partial charge in [-0.15, -0.1) is 24.0 Å². The summed E-state index contributed by atoms with van der Waals surface area (Å²) in [6.45, 7) is 13.4. The highest BCUT2D eigenvalue weighted by Gasteiger charge is 2.18. The highest BCUT2D eigenvalue weighted by Crippen LogP contribution is 2.19. The average molecular weight is 518 g/mol. The van der Waals surface area contributed by atoms with Crippen molar-refractivity contribution in [3.05, 3.63) is 35.9 Å². The quantitative estimate of drug-likeness (QED) is 0.205. The van der Waals surface area contributed by atoms with E-state index >= 15 is 0 Å². The summed E-state index contributed by atoms with van der Waals surface area (Å²) >= 11 is 0. The Morgan fingerprint density at radius 3 is 2.41 bits per heavy atom. The minimum Gasteiger partial charge on any atom is -0.379 e. The molecule has 0 aromatic heterocycles. The van der Waals surface area contributed by atoms with Crippen LogP contribution in [0.15, 0.2) is 35.3 Å². The van der Waals surface area contributed by atoms with E-state index in [4.69, 9.17) is 4.74 Å². The number of morpholine rings is 1. The molecule has 1 heterocycles. The smallest absolute Gasteiger partial charge is 0.191 e. The van der Waals surface area contributed by atoms with Gasteiger partial charge in [-0.25, -0.2) is 0 Å². The van der Waals surface area contributed by atoms with Crippen molar-refractivity contribution >= 4 is 29.9 Å². The van der Waals surface area contributed by atoms with Crippen LogP contribution in [-0.4, -0.2) is 81.8 Å². The predicted molar refractivity (Wildman–Crippen MR) is 133 cm³/mol. The van der Waals surface area contributed by atoms with Crippen molar-refractivity contribution in [1.29, 1.82) is 0 Å². The van der Waals surface area contributed by atoms with Crippen LogP contribution < -0.4 is 10.6 Å². The van der Waals surface area contributed by atoms with Crippen LogP contribution in [0.3, 0.4) is 0 Å². The highest BCUT2D eigenvalue weighted by molar-refractivity contribution is 14.0. The molecule has 166 valence electrons. The molecule has 1 aromatic rings. The largest absolute Gasteiger partial charge is 0.379 e. The molecule has 1 saturated heterocycles. The summed E-state index contributed by atoms with van der Waals surface area (Å²) in [5.41, 5.74) is 1.35. The zero-order valence-corrected chi connectivity index (χ0v) is 20.7. The molecule has 6 nitrogen and oxygen atoms in total. The molecular weight excluding hydrogens is 477 g/mol. The van der Waals surface area contributed by atoms with Gasteiger partial charge < -0.3 is 15.4 Å². The Labute approximate surface area is 194 Å². The third-order valence-corrected chi connectivity index (χ3v) is 5.42. The molecule has 0 amide bonds. The van der Waals surface area contributed by atoms with Gasteiger partial charge in [-0.05, 0) is 38.0 Å². The summed E-state index contributed by atoms with van der Waals surface area (Å²) in [6.07, 6.45) is 2.35. The van der Waals surface area contributed by atoms with Gasteiger partial charge >= 0.3 is 0 Å². The maximum atomic E-state index is 5.40. The molecule has 1 aromatic carbocycles. The molecule has 1 aliphatic rings. The SMILES string of the molecule is CCN(CC)C(CNC(=NC)NCCCCN1CCOCC1)c1ccccc1.I. The number of likely N-dealkylation sites (N-methyl/N-ethyl adjacent to an activating group) is 1. The monoisotopic (exact) mass is 517 g/mol. The van der Waals surface area contributed by atoms with Crippen LogP contribution in [0.1, 0.15) is 38.3 Å². The lowest BCUT2D eigenvalue weighted by molar-refractivity contribution is 0.0372. The first-order valence-electron chi connectivity index (χ1n) is 10.8. The number of benzene rings is 1. The van der Waals surface area contributed by atoms with E-state index in [1.807, 2.05) is 7.05 Å². The van der Waals surface area contributed by atoms with E-state index in [0.717, 1.165) is 71.4 Å². The van der Waals surface area contributed by atoms with Crippen molar-refractivity contribution < 1.29 is 4.74 Å². The summed E-state index contributed by atoms with van der Waals surface area (Å²) in [5.74, 6) is 0.888. The minimum atomic E-state index is 0. The van der Waals surface area contributed by atoms with Crippen LogP contribution in [0.5, 0.6) is 0 Å². The van der Waals surface area contributed by atoms with E-state index in [1.54, 1.807) is 0 Å². The predicted octanol–water partition coefficient (Wildman–Crippen LogP) is 2.96. The van der Waals surface area contributed by atoms with Crippen LogP contribution >= 0.6 is 24.0 Å². The number of aliphatic imine (C=N–C) groups is 1. The second kappa shape index (κ2) is 15.9. The van der Waals surface area contributed by atoms with Crippen molar-refractivity contribution in [2.45, 2.75) is 32.7 Å². The number of hydrogen-bond donors (Lipinski definition) is 2. The fourth-order valence-corrected chi connectivity index (χ4v) is 3.70. The van der Waals surface area contributed by atoms with Crippen molar-refractivity contribution in [2.75, 3.05) is 66.1 Å². The van der Waals surface area contributed by atoms with Crippen molar-refractivity contribution in [3.63, 3.8) is 0 Å². The number of guanidine groups is 1. The molecule has 29 heavy (non-hydrogen) atoms. The summed E-state index contributed by atoms with van der Waals surface area (Å²) in [7, 11) is 1.85. The van der Waals surface area contributed by atoms with E-state index in [-0.39, 0.29) is 24.0 Å². The second-order valence-corrected chi connectivity index (χ2v) is 7.19. The third-order valence-electron chi connectivity index (χ3n) is 5.42. The molecule has 0 spiro atoms. The molecule has 0 radical (unpaired) electrons. The Kier molecular flexibility index (Phi) is 14.3. The Morgan fingerprint density at radius 2 is 1.79 bits per heavy atom. The van der Waals surface area contributed by atoms with Gasteiger partial charge in [0, 0.05) is 33.2 Å². The van der Waals surface area contributed by atoms with E-state index in [0.29, 0.717) is 6.04 Å². The fourth-order valence-electron chi connectivity index (χ4n) is 3.70. The van der Waals surface area contributed by atoms with Gasteiger partial charge in [0.05, 0.1) is 19.3 Å². The van der Waals surface area contributed by atoms with E-state index < -0.39 is 0 Å². The minimum absolute atomic E-state index is 0. The van der Waals surface area contributed by atoms with Crippen molar-refractivity contribution in [1.82, 2.24) is 20.4 Å². The van der Waals surface area contributed by atoms with Crippen LogP contribution in [-0.2, 0) is 4.74 Å². The summed E-state index contributed by atoms with van der Waals surface area (Å²) < 4.78 is 5.40. The van der Waals surface area contributed by atoms with Crippen molar-refractivity contribution in [2.24, 2.45) is 4.99 Å². The van der Waals surface area contributed by atoms with Crippen LogP contribution in [0.2, 0.25) is 0 Å². The number of nitrogens with zero attached hydrogens (tertiary/aromatic N) is 3. The van der Waals surface area contributed by atoms with Gasteiger partial charge in [0.25, 0.3) is 0 Å². The molecule has 0 bridgehead atoms. The van der Waals surface area contributed by atoms with E-state index in [2.05, 4.69) is 69.6 Å². The Hall–Kier alpha value is -0.900. The maximum absolute atomic E-state index is 5.40. The third kappa shape index (κ3) is 9.63. The first-order valence-corrected chi connectivity index (χ1v) is 10.8. The lowest BCUT2D eigenvalue weighted by Gasteiger charge is -2.31. The number of halogens is 1. The lowest BCUT2D eigenvalue weighted by Crippen LogP contribution is -2.43. The lowest BCUT2D eigenvalue weighted by atomic mass is 10.1. The molecule has 0 aliphatic carbocycles. The number of ether oxygens (including phenoxy) is 1. The maximum Gasteiger partial charge on any atom is 0.191 e. The van der Waals surface area contributed by atoms with Gasteiger partial charge in [-0.2, -0.15) is 0 Å². The number of unbranched alkanes of at least 4 members (excludes halogenated alkanes) is 1. The Balaban J connectivity index is 0.00000420. The van der Waals surface area contributed by atoms with Crippen LogP contribution in [0, 0.1) is 0 Å². The normalized spacial score (nSPS) is 16.3. The second-order valence-electron chi connectivity index (χ2n) is 7.19. The summed E-state index contributed by atoms with van der Waals surface area (Å²) in [4.78, 5) is 9.38. The number of hydrogen-bond acceptors (Lipinski definition) is 4. The molecule has 1 atom stereocenters. The highest BCUT2D eigenvalue weighted by atomic mass is 127. The molecule has 1 fully saturated rings. The molecule has 0 saturated carbocycles. The topological polar surface area (TPSA) is 52.1 Å². The molecular formula is C22H40IN5O. The molecule has 2 rings (SSSR count). The molecule has 7 heteroatoms. The Bertz CT molecular complexity index is 547. The van der Waals surface area contributed by atoms with E-state index in [1.165, 1.54) is 12.0 Å². The van der Waals surface area contributed by atoms with Crippen LogP contribution in [0.4, 0.5) is 0 Å². The zero-order valence-electron chi connectivity index (χ0n) is 18.4. The number of nitrogens with one attached hydrogen (secondary N) is 2. The van der Waals surface area contributed by atoms with Gasteiger partial charge in [-0.1, -0.05) is 44.2 Å². The van der Waals surface area contributed by atoms with Crippen molar-refractivity contribution in [3.8, 4) is 0 Å². The molecule has 1 unspecified atom stereocenters. The first-order chi connectivity index (χ1) is 13.8. The average Bonchev–Trinajstić information content (AvgIpc) is 2.76. The number of rotatable bonds is 11. The first kappa shape index (κ1) is 26.1. The molecule has 1 aliphatic heterocycles. The standard InChI is InChI=1S/C22H39N5O.HI/c1-4-27(5-2)21(20-11-7-6-8-12-20)19-25-22(23-3)24-13-9-10-14-26-15-17-28-18-16-26;/h6-8,11-12,21H,4-5,9-10,13-19H2,1-3H3,(H2,23,24,25);1H. The van der Waals surface area contributed by atoms with Gasteiger partial charge in [0.1, 0.15) is 0 Å². The zero-order chi connectivity index (χ0) is 20.0. The van der Waals surface area contributed by atoms with Gasteiger partial charge in [-0.3, -0.25) is 14.8 Å². The van der Waals surface area contributed by atoms with Gasteiger partial charge in [0.2, 0.25) is 0 Å². The Morgan fingerprint density at radius 1 is 1.10 bits per heavy atom. The summed E-state index contributed by atoms with van der Waals surface area (Å²) in [5, 5.41) is 6.99. The van der Waals surface area contributed by atoms with E-state index in [9.17, 15) is 0 Å². The fraction of sp³-hybridized carbons (Fsp3) is 0.682. The van der Waals surface area contributed by atoms with Crippen LogP contribution in [0.25, 0.3) is 0 Å².